The fourth-order valence-corrected chi connectivity index (χ4v) is 8.38. The minimum absolute atomic E-state index is 0.268. The highest BCUT2D eigenvalue weighted by Gasteiger charge is 2.27. The van der Waals surface area contributed by atoms with E-state index in [0.717, 1.165) is 34.1 Å². The van der Waals surface area contributed by atoms with Gasteiger partial charge in [-0.3, -0.25) is 0 Å². The van der Waals surface area contributed by atoms with E-state index in [2.05, 4.69) is 62.4 Å². The minimum Gasteiger partial charge on any atom is -0.356 e. The van der Waals surface area contributed by atoms with Gasteiger partial charge in [0.2, 0.25) is 0 Å². The van der Waals surface area contributed by atoms with Crippen LogP contribution in [0.2, 0.25) is 0 Å². The number of ether oxygens (including phenoxy) is 1. The number of benzene rings is 4. The Morgan fingerprint density at radius 3 is 1.06 bits per heavy atom. The summed E-state index contributed by atoms with van der Waals surface area (Å²) >= 11 is 0. The second kappa shape index (κ2) is 16.2. The quantitative estimate of drug-likeness (QED) is 0.151. The molecule has 47 heavy (non-hydrogen) atoms. The maximum Gasteiger partial charge on any atom is 0.123 e. The van der Waals surface area contributed by atoms with Crippen LogP contribution in [0.4, 0.5) is 8.78 Å². The van der Waals surface area contributed by atoms with Crippen LogP contribution in [0, 0.1) is 23.5 Å². The van der Waals surface area contributed by atoms with Crippen LogP contribution >= 0.6 is 0 Å². The van der Waals surface area contributed by atoms with Crippen LogP contribution in [0.5, 0.6) is 0 Å². The molecule has 0 N–H and O–H groups in total. The Balaban J connectivity index is 1.27. The first-order valence-corrected chi connectivity index (χ1v) is 18.4. The van der Waals surface area contributed by atoms with Crippen LogP contribution in [0.3, 0.4) is 0 Å². The summed E-state index contributed by atoms with van der Waals surface area (Å²) in [6.45, 7) is 4.58. The van der Waals surface area contributed by atoms with Gasteiger partial charge in [-0.25, -0.2) is 8.78 Å². The molecule has 4 aromatic carbocycles. The molecule has 4 aromatic rings. The zero-order chi connectivity index (χ0) is 32.6. The maximum atomic E-state index is 14.1. The average molecular weight is 635 g/mol. The van der Waals surface area contributed by atoms with Crippen molar-refractivity contribution < 1.29 is 13.5 Å². The highest BCUT2D eigenvalue weighted by molar-refractivity contribution is 5.37. The van der Waals surface area contributed by atoms with Crippen LogP contribution < -0.4 is 0 Å². The predicted molar refractivity (Wildman–Crippen MR) is 190 cm³/mol. The molecular weight excluding hydrogens is 582 g/mol. The van der Waals surface area contributed by atoms with Crippen LogP contribution in [0.1, 0.15) is 148 Å². The lowest BCUT2D eigenvalue weighted by molar-refractivity contribution is 0.0307. The molecule has 0 aromatic heterocycles. The zero-order valence-electron chi connectivity index (χ0n) is 28.4. The van der Waals surface area contributed by atoms with Gasteiger partial charge in [0.15, 0.2) is 0 Å². The van der Waals surface area contributed by atoms with Gasteiger partial charge in [0.05, 0.1) is 0 Å². The molecule has 2 atom stereocenters. The summed E-state index contributed by atoms with van der Waals surface area (Å²) in [5.74, 6) is 2.44. The van der Waals surface area contributed by atoms with E-state index >= 15 is 0 Å². The SMILES string of the molecule is CCC[C@H]1CC[C@H](c2ccc(C(OC(c3ccc(F)cc3)c3ccc([C@H]4CC[C@H](CCC)CC4)cc3)c3ccc(F)cc3)cc2)CC1. The summed E-state index contributed by atoms with van der Waals surface area (Å²) in [6, 6.07) is 31.2. The highest BCUT2D eigenvalue weighted by Crippen LogP contribution is 2.41. The first-order valence-electron chi connectivity index (χ1n) is 18.4. The zero-order valence-corrected chi connectivity index (χ0v) is 28.4. The topological polar surface area (TPSA) is 9.23 Å². The number of hydrogen-bond acceptors (Lipinski definition) is 1. The standard InChI is InChI=1S/C44H52F2O/c1-3-5-31-7-11-33(12-8-31)35-15-19-37(20-16-35)43(39-23-27-41(45)28-24-39)47-44(40-25-29-42(46)30-26-40)38-21-17-36(18-22-38)34-13-9-32(6-4-2)10-14-34/h15-34,43-44H,3-14H2,1-2H3/t31-,32-,33-,34-,43?,44?. The lowest BCUT2D eigenvalue weighted by Gasteiger charge is -2.30. The molecule has 248 valence electrons. The fourth-order valence-electron chi connectivity index (χ4n) is 8.38. The van der Waals surface area contributed by atoms with Gasteiger partial charge in [0, 0.05) is 0 Å². The van der Waals surface area contributed by atoms with Gasteiger partial charge >= 0.3 is 0 Å². The summed E-state index contributed by atoms with van der Waals surface area (Å²) in [4.78, 5) is 0. The smallest absolute Gasteiger partial charge is 0.123 e. The van der Waals surface area contributed by atoms with Gasteiger partial charge in [-0.15, -0.1) is 0 Å². The minimum atomic E-state index is -0.423. The molecule has 2 unspecified atom stereocenters. The Hall–Kier alpha value is -3.30. The lowest BCUT2D eigenvalue weighted by Crippen LogP contribution is -2.15. The van der Waals surface area contributed by atoms with Crippen LogP contribution in [0.25, 0.3) is 0 Å². The van der Waals surface area contributed by atoms with Crippen molar-refractivity contribution >= 4 is 0 Å². The van der Waals surface area contributed by atoms with Gasteiger partial charge in [-0.05, 0) is 133 Å². The summed E-state index contributed by atoms with van der Waals surface area (Å²) < 4.78 is 35.3. The molecule has 2 fully saturated rings. The molecule has 3 heteroatoms. The van der Waals surface area contributed by atoms with E-state index in [-0.39, 0.29) is 11.6 Å². The molecule has 2 aliphatic carbocycles. The van der Waals surface area contributed by atoms with E-state index in [4.69, 9.17) is 4.74 Å². The summed E-state index contributed by atoms with van der Waals surface area (Å²) in [7, 11) is 0. The van der Waals surface area contributed by atoms with Crippen molar-refractivity contribution in [3.8, 4) is 0 Å². The Labute approximate surface area is 281 Å². The van der Waals surface area contributed by atoms with Crippen molar-refractivity contribution in [1.29, 1.82) is 0 Å². The molecule has 0 heterocycles. The van der Waals surface area contributed by atoms with Crippen molar-refractivity contribution in [1.82, 2.24) is 0 Å². The molecule has 0 spiro atoms. The Morgan fingerprint density at radius 1 is 0.468 bits per heavy atom. The molecule has 2 saturated carbocycles. The first-order chi connectivity index (χ1) is 23.0. The normalized spacial score (nSPS) is 22.9. The van der Waals surface area contributed by atoms with Gasteiger partial charge < -0.3 is 4.74 Å². The predicted octanol–water partition coefficient (Wildman–Crippen LogP) is 13.0. The van der Waals surface area contributed by atoms with Crippen molar-refractivity contribution in [2.24, 2.45) is 11.8 Å². The average Bonchev–Trinajstić information content (AvgIpc) is 3.11. The third kappa shape index (κ3) is 8.60. The Kier molecular flexibility index (Phi) is 11.6. The number of rotatable bonds is 12. The van der Waals surface area contributed by atoms with E-state index in [0.29, 0.717) is 11.8 Å². The van der Waals surface area contributed by atoms with Gasteiger partial charge in [0.25, 0.3) is 0 Å². The molecular formula is C44H52F2O. The summed E-state index contributed by atoms with van der Waals surface area (Å²) in [5.41, 5.74) is 6.66. The summed E-state index contributed by atoms with van der Waals surface area (Å²) in [6.07, 6.45) is 14.7. The van der Waals surface area contributed by atoms with Crippen molar-refractivity contribution in [2.75, 3.05) is 0 Å². The largest absolute Gasteiger partial charge is 0.356 e. The molecule has 2 aliphatic rings. The second-order valence-corrected chi connectivity index (χ2v) is 14.3. The third-order valence-corrected chi connectivity index (χ3v) is 11.1. The molecule has 0 bridgehead atoms. The van der Waals surface area contributed by atoms with Crippen LogP contribution in [-0.2, 0) is 4.74 Å². The molecule has 0 radical (unpaired) electrons. The van der Waals surface area contributed by atoms with Crippen LogP contribution in [-0.4, -0.2) is 0 Å². The van der Waals surface area contributed by atoms with E-state index in [1.54, 1.807) is 0 Å². The third-order valence-electron chi connectivity index (χ3n) is 11.1. The molecule has 0 amide bonds. The monoisotopic (exact) mass is 634 g/mol. The second-order valence-electron chi connectivity index (χ2n) is 14.3. The number of hydrogen-bond donors (Lipinski definition) is 0. The fraction of sp³-hybridized carbons (Fsp3) is 0.455. The van der Waals surface area contributed by atoms with Crippen LogP contribution in [0.15, 0.2) is 97.1 Å². The van der Waals surface area contributed by atoms with Crippen molar-refractivity contribution in [3.63, 3.8) is 0 Å². The van der Waals surface area contributed by atoms with E-state index in [1.807, 2.05) is 24.3 Å². The van der Waals surface area contributed by atoms with E-state index in [9.17, 15) is 8.78 Å². The first kappa shape index (κ1) is 33.6. The summed E-state index contributed by atoms with van der Waals surface area (Å²) in [5, 5.41) is 0. The molecule has 0 saturated heterocycles. The molecule has 1 nitrogen and oxygen atoms in total. The van der Waals surface area contributed by atoms with Gasteiger partial charge in [-0.2, -0.15) is 0 Å². The van der Waals surface area contributed by atoms with Crippen molar-refractivity contribution in [2.45, 2.75) is 115 Å². The molecule has 0 aliphatic heterocycles. The van der Waals surface area contributed by atoms with Gasteiger partial charge in [-0.1, -0.05) is 112 Å². The number of halogens is 2. The maximum absolute atomic E-state index is 14.1. The van der Waals surface area contributed by atoms with Crippen molar-refractivity contribution in [3.05, 3.63) is 142 Å². The van der Waals surface area contributed by atoms with E-state index < -0.39 is 12.2 Å². The lowest BCUT2D eigenvalue weighted by atomic mass is 9.77. The Morgan fingerprint density at radius 2 is 0.766 bits per heavy atom. The van der Waals surface area contributed by atoms with E-state index in [1.165, 1.54) is 112 Å². The Bertz CT molecular complexity index is 1380. The molecule has 6 rings (SSSR count). The van der Waals surface area contributed by atoms with Gasteiger partial charge in [0.1, 0.15) is 23.8 Å². The highest BCUT2D eigenvalue weighted by atomic mass is 19.1.